The van der Waals surface area contributed by atoms with Crippen LogP contribution in [0.2, 0.25) is 0 Å². The number of aromatic nitrogens is 1. The molecule has 0 fully saturated rings. The highest BCUT2D eigenvalue weighted by Crippen LogP contribution is 2.26. The number of nitro benzene ring substituents is 1. The smallest absolute Gasteiger partial charge is 0.293 e. The van der Waals surface area contributed by atoms with Crippen LogP contribution in [0, 0.1) is 10.1 Å². The Hall–Kier alpha value is -2.37. The molecule has 0 bridgehead atoms. The van der Waals surface area contributed by atoms with Gasteiger partial charge in [-0.05, 0) is 6.07 Å². The summed E-state index contributed by atoms with van der Waals surface area (Å²) in [6.07, 6.45) is 2.10. The van der Waals surface area contributed by atoms with Crippen molar-refractivity contribution in [3.05, 3.63) is 40.6 Å². The Balaban J connectivity index is 2.34. The van der Waals surface area contributed by atoms with E-state index in [0.717, 1.165) is 5.39 Å². The molecule has 0 atom stereocenters. The number of non-ortho nitro benzene ring substituents is 1. The molecule has 0 spiro atoms. The van der Waals surface area contributed by atoms with Crippen molar-refractivity contribution in [1.82, 2.24) is 9.47 Å². The van der Waals surface area contributed by atoms with Gasteiger partial charge in [-0.15, -0.1) is 0 Å². The lowest BCUT2D eigenvalue weighted by molar-refractivity contribution is -0.383. The van der Waals surface area contributed by atoms with Crippen LogP contribution < -0.4 is 0 Å². The van der Waals surface area contributed by atoms with Gasteiger partial charge >= 0.3 is 0 Å². The van der Waals surface area contributed by atoms with E-state index in [1.54, 1.807) is 30.9 Å². The van der Waals surface area contributed by atoms with E-state index in [-0.39, 0.29) is 11.6 Å². The second-order valence-electron chi connectivity index (χ2n) is 4.52. The second-order valence-corrected chi connectivity index (χ2v) is 4.52. The fraction of sp³-hybridized carbons (Fsp3) is 0.308. The van der Waals surface area contributed by atoms with Gasteiger partial charge in [0.05, 0.1) is 4.92 Å². The van der Waals surface area contributed by atoms with Gasteiger partial charge in [-0.1, -0.05) is 12.1 Å². The van der Waals surface area contributed by atoms with E-state index < -0.39 is 4.92 Å². The summed E-state index contributed by atoms with van der Waals surface area (Å²) < 4.78 is 1.76. The first kappa shape index (κ1) is 13.1. The van der Waals surface area contributed by atoms with Crippen LogP contribution in [0.15, 0.2) is 30.5 Å². The van der Waals surface area contributed by atoms with Crippen molar-refractivity contribution in [2.75, 3.05) is 14.1 Å². The number of nitro groups is 1. The third-order valence-electron chi connectivity index (χ3n) is 3.03. The zero-order chi connectivity index (χ0) is 14.0. The molecule has 0 aliphatic carbocycles. The van der Waals surface area contributed by atoms with Crippen LogP contribution >= 0.6 is 0 Å². The lowest BCUT2D eigenvalue weighted by atomic mass is 10.2. The van der Waals surface area contributed by atoms with Gasteiger partial charge in [0.15, 0.2) is 0 Å². The first-order valence-corrected chi connectivity index (χ1v) is 5.93. The fourth-order valence-corrected chi connectivity index (χ4v) is 2.01. The maximum absolute atomic E-state index is 11.6. The fourth-order valence-electron chi connectivity index (χ4n) is 2.01. The molecule has 0 aliphatic heterocycles. The van der Waals surface area contributed by atoms with E-state index >= 15 is 0 Å². The van der Waals surface area contributed by atoms with E-state index in [2.05, 4.69) is 0 Å². The van der Waals surface area contributed by atoms with Gasteiger partial charge in [0, 0.05) is 44.7 Å². The molecule has 19 heavy (non-hydrogen) atoms. The molecular formula is C13H15N3O3. The van der Waals surface area contributed by atoms with E-state index in [4.69, 9.17) is 0 Å². The highest BCUT2D eigenvalue weighted by atomic mass is 16.6. The molecule has 0 N–H and O–H groups in total. The molecular weight excluding hydrogens is 246 g/mol. The van der Waals surface area contributed by atoms with Crippen molar-refractivity contribution in [1.29, 1.82) is 0 Å². The number of rotatable bonds is 4. The van der Waals surface area contributed by atoms with Crippen molar-refractivity contribution in [2.45, 2.75) is 13.0 Å². The molecule has 1 amide bonds. The topological polar surface area (TPSA) is 68.4 Å². The predicted molar refractivity (Wildman–Crippen MR) is 71.9 cm³/mol. The minimum absolute atomic E-state index is 0.000402. The van der Waals surface area contributed by atoms with Gasteiger partial charge in [0.2, 0.25) is 5.91 Å². The Morgan fingerprint density at radius 3 is 2.74 bits per heavy atom. The van der Waals surface area contributed by atoms with E-state index in [0.29, 0.717) is 18.5 Å². The summed E-state index contributed by atoms with van der Waals surface area (Å²) in [7, 11) is 3.39. The number of hydrogen-bond donors (Lipinski definition) is 0. The molecule has 1 aromatic carbocycles. The summed E-state index contributed by atoms with van der Waals surface area (Å²) in [5.41, 5.74) is 0.638. The van der Waals surface area contributed by atoms with E-state index in [9.17, 15) is 14.9 Å². The zero-order valence-electron chi connectivity index (χ0n) is 10.9. The Morgan fingerprint density at radius 1 is 1.37 bits per heavy atom. The lowest BCUT2D eigenvalue weighted by Gasteiger charge is -2.11. The highest BCUT2D eigenvalue weighted by molar-refractivity contribution is 5.88. The Morgan fingerprint density at radius 2 is 2.11 bits per heavy atom. The average Bonchev–Trinajstić information content (AvgIpc) is 2.78. The average molecular weight is 261 g/mol. The van der Waals surface area contributed by atoms with Crippen molar-refractivity contribution < 1.29 is 9.72 Å². The van der Waals surface area contributed by atoms with Crippen LogP contribution in [0.4, 0.5) is 5.69 Å². The number of nitrogens with zero attached hydrogens (tertiary/aromatic N) is 3. The summed E-state index contributed by atoms with van der Waals surface area (Å²) >= 11 is 0. The van der Waals surface area contributed by atoms with Gasteiger partial charge in [-0.3, -0.25) is 14.9 Å². The van der Waals surface area contributed by atoms with Crippen LogP contribution in [0.3, 0.4) is 0 Å². The number of carbonyl (C=O) groups excluding carboxylic acids is 1. The molecule has 6 heteroatoms. The summed E-state index contributed by atoms with van der Waals surface area (Å²) in [6.45, 7) is 0.436. The van der Waals surface area contributed by atoms with Crippen molar-refractivity contribution in [3.8, 4) is 0 Å². The third-order valence-corrected chi connectivity index (χ3v) is 3.03. The summed E-state index contributed by atoms with van der Waals surface area (Å²) in [5.74, 6) is 0.000402. The summed E-state index contributed by atoms with van der Waals surface area (Å²) in [6, 6.07) is 6.79. The number of carbonyl (C=O) groups is 1. The number of benzene rings is 1. The summed E-state index contributed by atoms with van der Waals surface area (Å²) in [4.78, 5) is 23.7. The van der Waals surface area contributed by atoms with Crippen LogP contribution in [-0.2, 0) is 11.3 Å². The molecule has 2 aromatic rings. The number of aryl methyl sites for hydroxylation is 1. The number of hydrogen-bond acceptors (Lipinski definition) is 3. The van der Waals surface area contributed by atoms with Crippen LogP contribution in [0.1, 0.15) is 6.42 Å². The Bertz CT molecular complexity index is 631. The van der Waals surface area contributed by atoms with Gasteiger partial charge in [0.25, 0.3) is 5.69 Å². The minimum Gasteiger partial charge on any atom is -0.349 e. The van der Waals surface area contributed by atoms with Gasteiger partial charge in [-0.2, -0.15) is 0 Å². The Kier molecular flexibility index (Phi) is 3.50. The Labute approximate surface area is 110 Å². The standard InChI is InChI=1S/C13H15N3O3/c1-14(2)12(17)7-9-15-8-6-10-4-3-5-11(13(10)15)16(18)19/h3-6,8H,7,9H2,1-2H3. The number of fused-ring (bicyclic) bond motifs is 1. The van der Waals surface area contributed by atoms with Gasteiger partial charge in [0.1, 0.15) is 5.52 Å². The molecule has 100 valence electrons. The summed E-state index contributed by atoms with van der Waals surface area (Å²) in [5, 5.41) is 11.8. The van der Waals surface area contributed by atoms with Crippen molar-refractivity contribution >= 4 is 22.5 Å². The maximum atomic E-state index is 11.6. The molecule has 0 radical (unpaired) electrons. The van der Waals surface area contributed by atoms with Crippen molar-refractivity contribution in [3.63, 3.8) is 0 Å². The van der Waals surface area contributed by atoms with Crippen LogP contribution in [0.5, 0.6) is 0 Å². The van der Waals surface area contributed by atoms with Crippen molar-refractivity contribution in [2.24, 2.45) is 0 Å². The molecule has 0 aliphatic rings. The monoisotopic (exact) mass is 261 g/mol. The number of amides is 1. The molecule has 1 aromatic heterocycles. The number of para-hydroxylation sites is 1. The first-order chi connectivity index (χ1) is 9.00. The van der Waals surface area contributed by atoms with Crippen LogP contribution in [0.25, 0.3) is 10.9 Å². The van der Waals surface area contributed by atoms with E-state index in [1.165, 1.54) is 11.0 Å². The largest absolute Gasteiger partial charge is 0.349 e. The zero-order valence-corrected chi connectivity index (χ0v) is 10.9. The third kappa shape index (κ3) is 2.57. The normalized spacial score (nSPS) is 10.6. The maximum Gasteiger partial charge on any atom is 0.293 e. The molecule has 0 unspecified atom stereocenters. The van der Waals surface area contributed by atoms with Crippen LogP contribution in [-0.4, -0.2) is 34.4 Å². The van der Waals surface area contributed by atoms with E-state index in [1.807, 2.05) is 12.1 Å². The predicted octanol–water partition coefficient (Wildman–Crippen LogP) is 2.03. The minimum atomic E-state index is -0.396. The molecule has 2 rings (SSSR count). The molecule has 0 saturated heterocycles. The van der Waals surface area contributed by atoms with Gasteiger partial charge in [-0.25, -0.2) is 0 Å². The SMILES string of the molecule is CN(C)C(=O)CCn1ccc2cccc([N+](=O)[O-])c21. The van der Waals surface area contributed by atoms with Gasteiger partial charge < -0.3 is 9.47 Å². The quantitative estimate of drug-likeness (QED) is 0.624. The molecule has 0 saturated carbocycles. The first-order valence-electron chi connectivity index (χ1n) is 5.93. The molecule has 1 heterocycles. The highest BCUT2D eigenvalue weighted by Gasteiger charge is 2.15. The molecule has 6 nitrogen and oxygen atoms in total. The second kappa shape index (κ2) is 5.09. The lowest BCUT2D eigenvalue weighted by Crippen LogP contribution is -2.22.